The highest BCUT2D eigenvalue weighted by molar-refractivity contribution is 9.10. The van der Waals surface area contributed by atoms with E-state index in [9.17, 15) is 18.8 Å². The van der Waals surface area contributed by atoms with Crippen LogP contribution in [-0.2, 0) is 27.4 Å². The van der Waals surface area contributed by atoms with Crippen molar-refractivity contribution in [2.24, 2.45) is 0 Å². The molecule has 7 nitrogen and oxygen atoms in total. The Morgan fingerprint density at radius 1 is 1.25 bits per heavy atom. The maximum Gasteiger partial charge on any atom is 0.293 e. The predicted octanol–water partition coefficient (Wildman–Crippen LogP) is 5.07. The average Bonchev–Trinajstić information content (AvgIpc) is 3.55. The molecule has 5 rings (SSSR count). The highest BCUT2D eigenvalue weighted by atomic mass is 79.9. The number of amides is 3. The third kappa shape index (κ3) is 5.25. The molecule has 2 fully saturated rings. The first kappa shape index (κ1) is 24.7. The second kappa shape index (κ2) is 10.6. The molecule has 1 N–H and O–H groups in total. The van der Waals surface area contributed by atoms with Gasteiger partial charge in [-0.05, 0) is 54.9 Å². The first-order valence-electron chi connectivity index (χ1n) is 11.5. The minimum atomic E-state index is -0.474. The van der Waals surface area contributed by atoms with Crippen LogP contribution >= 0.6 is 27.7 Å². The molecule has 3 amide bonds. The molecule has 2 saturated heterocycles. The molecule has 0 aliphatic carbocycles. The minimum Gasteiger partial charge on any atom is -0.376 e. The van der Waals surface area contributed by atoms with Gasteiger partial charge in [-0.2, -0.15) is 0 Å². The maximum absolute atomic E-state index is 14.1. The average molecular weight is 572 g/mol. The van der Waals surface area contributed by atoms with E-state index in [1.807, 2.05) is 22.8 Å². The molecule has 0 spiro atoms. The summed E-state index contributed by atoms with van der Waals surface area (Å²) < 4.78 is 22.3. The molecule has 0 bridgehead atoms. The van der Waals surface area contributed by atoms with Crippen LogP contribution in [0.3, 0.4) is 0 Å². The molecule has 3 aromatic rings. The molecule has 36 heavy (non-hydrogen) atoms. The fraction of sp³-hybridized carbons (Fsp3) is 0.269. The summed E-state index contributed by atoms with van der Waals surface area (Å²) in [7, 11) is 0. The number of hydrogen-bond donors (Lipinski definition) is 1. The lowest BCUT2D eigenvalue weighted by Crippen LogP contribution is -2.34. The summed E-state index contributed by atoms with van der Waals surface area (Å²) in [5, 5.41) is 3.31. The van der Waals surface area contributed by atoms with E-state index in [0.717, 1.165) is 51.5 Å². The number of imide groups is 1. The highest BCUT2D eigenvalue weighted by Gasteiger charge is 2.35. The van der Waals surface area contributed by atoms with Crippen LogP contribution in [0.25, 0.3) is 17.0 Å². The number of nitrogens with zero attached hydrogens (tertiary/aromatic N) is 2. The number of hydrogen-bond acceptors (Lipinski definition) is 5. The third-order valence-corrected chi connectivity index (χ3v) is 7.59. The molecule has 1 atom stereocenters. The van der Waals surface area contributed by atoms with Crippen molar-refractivity contribution in [1.29, 1.82) is 0 Å². The van der Waals surface area contributed by atoms with Gasteiger partial charge < -0.3 is 14.6 Å². The van der Waals surface area contributed by atoms with Gasteiger partial charge in [-0.25, -0.2) is 4.39 Å². The Kier molecular flexibility index (Phi) is 7.27. The van der Waals surface area contributed by atoms with Gasteiger partial charge in [-0.3, -0.25) is 19.3 Å². The molecule has 3 heterocycles. The van der Waals surface area contributed by atoms with E-state index in [1.54, 1.807) is 30.5 Å². The molecule has 0 saturated carbocycles. The Morgan fingerprint density at radius 3 is 2.86 bits per heavy atom. The summed E-state index contributed by atoms with van der Waals surface area (Å²) in [6, 6.07) is 11.8. The first-order valence-corrected chi connectivity index (χ1v) is 13.2. The van der Waals surface area contributed by atoms with Gasteiger partial charge in [-0.1, -0.05) is 34.1 Å². The quantitative estimate of drug-likeness (QED) is 0.400. The van der Waals surface area contributed by atoms with Crippen LogP contribution < -0.4 is 5.32 Å². The van der Waals surface area contributed by atoms with Gasteiger partial charge >= 0.3 is 0 Å². The maximum atomic E-state index is 14.1. The normalized spacial score (nSPS) is 19.1. The molecule has 0 radical (unpaired) electrons. The Balaban J connectivity index is 1.38. The van der Waals surface area contributed by atoms with E-state index < -0.39 is 17.0 Å². The summed E-state index contributed by atoms with van der Waals surface area (Å²) >= 11 is 4.31. The van der Waals surface area contributed by atoms with Gasteiger partial charge in [0.05, 0.1) is 17.6 Å². The van der Waals surface area contributed by atoms with Gasteiger partial charge in [0.2, 0.25) is 5.91 Å². The van der Waals surface area contributed by atoms with Crippen molar-refractivity contribution in [3.63, 3.8) is 0 Å². The van der Waals surface area contributed by atoms with Crippen LogP contribution in [0, 0.1) is 5.82 Å². The number of rotatable bonds is 7. The lowest BCUT2D eigenvalue weighted by Gasteiger charge is -2.12. The highest BCUT2D eigenvalue weighted by Crippen LogP contribution is 2.35. The number of thioether (sulfide) groups is 1. The van der Waals surface area contributed by atoms with E-state index >= 15 is 0 Å². The number of aromatic nitrogens is 1. The van der Waals surface area contributed by atoms with Crippen molar-refractivity contribution >= 4 is 61.7 Å². The van der Waals surface area contributed by atoms with Gasteiger partial charge in [0.1, 0.15) is 12.4 Å². The zero-order valence-corrected chi connectivity index (χ0v) is 21.6. The number of carbonyl (C=O) groups is 3. The van der Waals surface area contributed by atoms with Crippen LogP contribution in [0.15, 0.2) is 58.0 Å². The van der Waals surface area contributed by atoms with E-state index in [-0.39, 0.29) is 35.6 Å². The summed E-state index contributed by atoms with van der Waals surface area (Å²) in [6.07, 6.45) is 5.46. The van der Waals surface area contributed by atoms with Crippen molar-refractivity contribution in [3.05, 3.63) is 75.0 Å². The van der Waals surface area contributed by atoms with Crippen molar-refractivity contribution < 1.29 is 23.5 Å². The Bertz CT molecular complexity index is 1380. The van der Waals surface area contributed by atoms with E-state index in [1.165, 1.54) is 6.07 Å². The van der Waals surface area contributed by atoms with Crippen molar-refractivity contribution in [3.8, 4) is 0 Å². The zero-order valence-electron chi connectivity index (χ0n) is 19.2. The van der Waals surface area contributed by atoms with Crippen LogP contribution in [0.4, 0.5) is 9.18 Å². The van der Waals surface area contributed by atoms with Crippen LogP contribution in [-0.4, -0.2) is 45.8 Å². The molecule has 186 valence electrons. The minimum absolute atomic E-state index is 0.0573. The fourth-order valence-electron chi connectivity index (χ4n) is 4.36. The molecule has 2 aliphatic heterocycles. The number of fused-ring (bicyclic) bond motifs is 1. The van der Waals surface area contributed by atoms with E-state index in [0.29, 0.717) is 12.1 Å². The Hall–Kier alpha value is -2.95. The molecular formula is C26H23BrFN3O4S. The lowest BCUT2D eigenvalue weighted by molar-refractivity contribution is -0.123. The van der Waals surface area contributed by atoms with E-state index in [4.69, 9.17) is 4.74 Å². The monoisotopic (exact) mass is 571 g/mol. The van der Waals surface area contributed by atoms with Gasteiger partial charge in [0.15, 0.2) is 0 Å². The molecular weight excluding hydrogens is 549 g/mol. The summed E-state index contributed by atoms with van der Waals surface area (Å²) in [5.74, 6) is -1.08. The topological polar surface area (TPSA) is 80.6 Å². The number of carbonyl (C=O) groups excluding carboxylic acids is 3. The van der Waals surface area contributed by atoms with Crippen molar-refractivity contribution in [2.45, 2.75) is 32.0 Å². The fourth-order valence-corrected chi connectivity index (χ4v) is 5.55. The van der Waals surface area contributed by atoms with Crippen LogP contribution in [0.1, 0.15) is 24.0 Å². The Morgan fingerprint density at radius 2 is 2.08 bits per heavy atom. The summed E-state index contributed by atoms with van der Waals surface area (Å²) in [4.78, 5) is 39.5. The van der Waals surface area contributed by atoms with Crippen molar-refractivity contribution in [1.82, 2.24) is 14.8 Å². The lowest BCUT2D eigenvalue weighted by atomic mass is 10.1. The number of ether oxygens (including phenoxy) is 1. The third-order valence-electron chi connectivity index (χ3n) is 6.19. The number of benzene rings is 2. The van der Waals surface area contributed by atoms with Gasteiger partial charge in [0, 0.05) is 45.9 Å². The zero-order chi connectivity index (χ0) is 25.2. The van der Waals surface area contributed by atoms with Crippen LogP contribution in [0.5, 0.6) is 0 Å². The van der Waals surface area contributed by atoms with Gasteiger partial charge in [0.25, 0.3) is 11.1 Å². The number of nitrogens with one attached hydrogen (secondary N) is 1. The van der Waals surface area contributed by atoms with Gasteiger partial charge in [-0.15, -0.1) is 0 Å². The van der Waals surface area contributed by atoms with E-state index in [2.05, 4.69) is 21.2 Å². The summed E-state index contributed by atoms with van der Waals surface area (Å²) in [6.45, 7) is 1.18. The predicted molar refractivity (Wildman–Crippen MR) is 140 cm³/mol. The first-order chi connectivity index (χ1) is 17.4. The van der Waals surface area contributed by atoms with Crippen molar-refractivity contribution in [2.75, 3.05) is 13.2 Å². The molecule has 2 aromatic carbocycles. The molecule has 10 heteroatoms. The molecule has 2 aliphatic rings. The smallest absolute Gasteiger partial charge is 0.293 e. The largest absolute Gasteiger partial charge is 0.376 e. The van der Waals surface area contributed by atoms with Crippen LogP contribution in [0.2, 0.25) is 0 Å². The second-order valence-corrected chi connectivity index (χ2v) is 10.6. The summed E-state index contributed by atoms with van der Waals surface area (Å²) in [5.41, 5.74) is 1.80. The Labute approximate surface area is 219 Å². The molecule has 1 aromatic heterocycles. The molecule has 0 unspecified atom stereocenters. The second-order valence-electron chi connectivity index (χ2n) is 8.67. The standard InChI is InChI=1S/C26H23BrFN3O4S/c27-18-7-8-22-20(11-18)17(13-30(22)15-24(32)29-12-19-5-3-9-35-19)10-23-25(33)31(26(34)36-23)14-16-4-1-2-6-21(16)28/h1-2,4,6-8,10-11,13,19H,3,5,9,12,14-15H2,(H,29,32)/b23-10-/t19-/m0/s1. The number of halogens is 2. The SMILES string of the molecule is O=C(Cn1cc(/C=C2\SC(=O)N(Cc3ccccc3F)C2=O)c2cc(Br)ccc21)NC[C@@H]1CCCO1.